The van der Waals surface area contributed by atoms with E-state index >= 15 is 0 Å². The molecule has 0 aliphatic carbocycles. The summed E-state index contributed by atoms with van der Waals surface area (Å²) in [5.41, 5.74) is 0.664. The third-order valence-corrected chi connectivity index (χ3v) is 3.22. The number of nitro groups is 1. The minimum absolute atomic E-state index is 0.0840. The van der Waals surface area contributed by atoms with Crippen LogP contribution < -0.4 is 10.2 Å². The minimum Gasteiger partial charge on any atom is -0.396 e. The first kappa shape index (κ1) is 13.3. The number of nitro benzene ring substituents is 1. The molecule has 1 heterocycles. The average Bonchev–Trinajstić information content (AvgIpc) is 2.36. The van der Waals surface area contributed by atoms with E-state index in [-0.39, 0.29) is 29.7 Å². The van der Waals surface area contributed by atoms with Gasteiger partial charge in [-0.25, -0.2) is 0 Å². The molecule has 2 rings (SSSR count). The molecule has 1 aliphatic heterocycles. The Morgan fingerprint density at radius 3 is 2.79 bits per heavy atom. The highest BCUT2D eigenvalue weighted by atomic mass is 16.6. The van der Waals surface area contributed by atoms with E-state index in [0.717, 1.165) is 0 Å². The van der Waals surface area contributed by atoms with Gasteiger partial charge in [-0.15, -0.1) is 0 Å². The maximum Gasteiger partial charge on any atom is 0.293 e. The van der Waals surface area contributed by atoms with E-state index in [0.29, 0.717) is 18.8 Å². The fourth-order valence-corrected chi connectivity index (χ4v) is 2.10. The lowest BCUT2D eigenvalue weighted by molar-refractivity contribution is -0.384. The van der Waals surface area contributed by atoms with Crippen LogP contribution >= 0.6 is 0 Å². The standard InChI is InChI=1S/C12H15N3O4/c1-13-12(17)9-2-3-10(11(4-9)15(18)19)14-5-8(6-14)7-16/h2-4,8,16H,5-7H2,1H3,(H,13,17). The van der Waals surface area contributed by atoms with Crippen LogP contribution in [0.25, 0.3) is 0 Å². The highest BCUT2D eigenvalue weighted by molar-refractivity contribution is 5.95. The summed E-state index contributed by atoms with van der Waals surface area (Å²) in [5.74, 6) is -0.190. The van der Waals surface area contributed by atoms with Crippen LogP contribution in [0.1, 0.15) is 10.4 Å². The Bertz CT molecular complexity index is 512. The number of carbonyl (C=O) groups excluding carboxylic acids is 1. The van der Waals surface area contributed by atoms with Gasteiger partial charge in [-0.05, 0) is 12.1 Å². The van der Waals surface area contributed by atoms with Crippen LogP contribution in [-0.4, -0.2) is 42.7 Å². The molecule has 1 saturated heterocycles. The summed E-state index contributed by atoms with van der Waals surface area (Å²) < 4.78 is 0. The van der Waals surface area contributed by atoms with Crippen molar-refractivity contribution in [1.82, 2.24) is 5.32 Å². The summed E-state index contributed by atoms with van der Waals surface area (Å²) in [6.45, 7) is 1.27. The smallest absolute Gasteiger partial charge is 0.293 e. The second-order valence-electron chi connectivity index (χ2n) is 4.49. The van der Waals surface area contributed by atoms with Crippen LogP contribution in [0.3, 0.4) is 0 Å². The average molecular weight is 265 g/mol. The molecule has 7 heteroatoms. The lowest BCUT2D eigenvalue weighted by Gasteiger charge is -2.39. The number of hydrogen-bond donors (Lipinski definition) is 2. The molecule has 1 fully saturated rings. The molecule has 0 saturated carbocycles. The SMILES string of the molecule is CNC(=O)c1ccc(N2CC(CO)C2)c([N+](=O)[O-])c1. The number of rotatable bonds is 4. The van der Waals surface area contributed by atoms with E-state index < -0.39 is 4.92 Å². The molecule has 1 aromatic rings. The van der Waals surface area contributed by atoms with E-state index in [1.807, 2.05) is 4.90 Å². The Kier molecular flexibility index (Phi) is 3.66. The van der Waals surface area contributed by atoms with Gasteiger partial charge in [0.15, 0.2) is 0 Å². The van der Waals surface area contributed by atoms with E-state index in [4.69, 9.17) is 5.11 Å². The predicted octanol–water partition coefficient (Wildman–Crippen LogP) is 0.383. The van der Waals surface area contributed by atoms with E-state index in [9.17, 15) is 14.9 Å². The molecule has 1 amide bonds. The molecule has 0 unspecified atom stereocenters. The molecular weight excluding hydrogens is 250 g/mol. The molecule has 2 N–H and O–H groups in total. The van der Waals surface area contributed by atoms with Crippen LogP contribution in [0.4, 0.5) is 11.4 Å². The molecule has 0 spiro atoms. The molecule has 0 radical (unpaired) electrons. The number of nitrogens with one attached hydrogen (secondary N) is 1. The number of aliphatic hydroxyl groups is 1. The van der Waals surface area contributed by atoms with Crippen molar-refractivity contribution in [3.8, 4) is 0 Å². The molecule has 0 atom stereocenters. The van der Waals surface area contributed by atoms with Crippen LogP contribution in [0.15, 0.2) is 18.2 Å². The third-order valence-electron chi connectivity index (χ3n) is 3.22. The second kappa shape index (κ2) is 5.23. The zero-order chi connectivity index (χ0) is 14.0. The molecule has 1 aromatic carbocycles. The van der Waals surface area contributed by atoms with Gasteiger partial charge in [0.25, 0.3) is 11.6 Å². The molecular formula is C12H15N3O4. The lowest BCUT2D eigenvalue weighted by Crippen LogP contribution is -2.48. The second-order valence-corrected chi connectivity index (χ2v) is 4.49. The highest BCUT2D eigenvalue weighted by Gasteiger charge is 2.31. The van der Waals surface area contributed by atoms with E-state index in [1.54, 1.807) is 12.1 Å². The maximum absolute atomic E-state index is 11.5. The van der Waals surface area contributed by atoms with Crippen molar-refractivity contribution >= 4 is 17.3 Å². The summed E-state index contributed by atoms with van der Waals surface area (Å²) in [4.78, 5) is 23.9. The van der Waals surface area contributed by atoms with Gasteiger partial charge in [0.05, 0.1) is 4.92 Å². The summed E-state index contributed by atoms with van der Waals surface area (Å²) >= 11 is 0. The van der Waals surface area contributed by atoms with E-state index in [2.05, 4.69) is 5.32 Å². The van der Waals surface area contributed by atoms with Crippen molar-refractivity contribution in [2.75, 3.05) is 31.6 Å². The largest absolute Gasteiger partial charge is 0.396 e. The van der Waals surface area contributed by atoms with Crippen molar-refractivity contribution in [2.24, 2.45) is 5.92 Å². The fourth-order valence-electron chi connectivity index (χ4n) is 2.10. The number of aliphatic hydroxyl groups excluding tert-OH is 1. The maximum atomic E-state index is 11.5. The monoisotopic (exact) mass is 265 g/mol. The van der Waals surface area contributed by atoms with Gasteiger partial charge in [0.1, 0.15) is 5.69 Å². The normalized spacial score (nSPS) is 14.9. The number of hydrogen-bond acceptors (Lipinski definition) is 5. The summed E-state index contributed by atoms with van der Waals surface area (Å²) in [5, 5.41) is 22.5. The summed E-state index contributed by atoms with van der Waals surface area (Å²) in [6.07, 6.45) is 0. The Hall–Kier alpha value is -2.15. The van der Waals surface area contributed by atoms with Crippen LogP contribution in [-0.2, 0) is 0 Å². The molecule has 102 valence electrons. The Labute approximate surface area is 110 Å². The number of benzene rings is 1. The first-order valence-corrected chi connectivity index (χ1v) is 5.93. The van der Waals surface area contributed by atoms with Crippen LogP contribution in [0, 0.1) is 16.0 Å². The third kappa shape index (κ3) is 2.50. The molecule has 1 aliphatic rings. The van der Waals surface area contributed by atoms with Gasteiger partial charge >= 0.3 is 0 Å². The lowest BCUT2D eigenvalue weighted by atomic mass is 9.99. The molecule has 19 heavy (non-hydrogen) atoms. The van der Waals surface area contributed by atoms with Gasteiger partial charge in [-0.1, -0.05) is 0 Å². The molecule has 0 bridgehead atoms. The number of carbonyl (C=O) groups is 1. The Morgan fingerprint density at radius 1 is 1.58 bits per heavy atom. The van der Waals surface area contributed by atoms with Gasteiger partial charge in [-0.2, -0.15) is 0 Å². The quantitative estimate of drug-likeness (QED) is 0.606. The summed E-state index contributed by atoms with van der Waals surface area (Å²) in [7, 11) is 1.48. The fraction of sp³-hybridized carbons (Fsp3) is 0.417. The predicted molar refractivity (Wildman–Crippen MR) is 69.3 cm³/mol. The van der Waals surface area contributed by atoms with Crippen LogP contribution in [0.2, 0.25) is 0 Å². The number of nitrogens with zero attached hydrogens (tertiary/aromatic N) is 2. The molecule has 7 nitrogen and oxygen atoms in total. The van der Waals surface area contributed by atoms with Gasteiger partial charge in [0, 0.05) is 44.3 Å². The zero-order valence-electron chi connectivity index (χ0n) is 10.5. The van der Waals surface area contributed by atoms with Crippen molar-refractivity contribution in [3.05, 3.63) is 33.9 Å². The van der Waals surface area contributed by atoms with Gasteiger partial charge in [-0.3, -0.25) is 14.9 Å². The van der Waals surface area contributed by atoms with Crippen molar-refractivity contribution in [2.45, 2.75) is 0 Å². The Morgan fingerprint density at radius 2 is 2.26 bits per heavy atom. The minimum atomic E-state index is -0.492. The zero-order valence-corrected chi connectivity index (χ0v) is 10.5. The number of anilines is 1. The van der Waals surface area contributed by atoms with E-state index in [1.165, 1.54) is 13.1 Å². The van der Waals surface area contributed by atoms with Gasteiger partial charge in [0.2, 0.25) is 0 Å². The van der Waals surface area contributed by atoms with Gasteiger partial charge < -0.3 is 15.3 Å². The first-order valence-electron chi connectivity index (χ1n) is 5.93. The number of amides is 1. The highest BCUT2D eigenvalue weighted by Crippen LogP contribution is 2.33. The Balaban J connectivity index is 2.29. The molecule has 0 aromatic heterocycles. The summed E-state index contributed by atoms with van der Waals surface area (Å²) in [6, 6.07) is 4.42. The van der Waals surface area contributed by atoms with Crippen molar-refractivity contribution in [1.29, 1.82) is 0 Å². The first-order chi connectivity index (χ1) is 9.06. The van der Waals surface area contributed by atoms with Crippen molar-refractivity contribution < 1.29 is 14.8 Å². The van der Waals surface area contributed by atoms with Crippen LogP contribution in [0.5, 0.6) is 0 Å². The van der Waals surface area contributed by atoms with Crippen molar-refractivity contribution in [3.63, 3.8) is 0 Å². The topological polar surface area (TPSA) is 95.7 Å².